The first-order chi connectivity index (χ1) is 13.0. The summed E-state index contributed by atoms with van der Waals surface area (Å²) in [5.41, 5.74) is 3.35. The van der Waals surface area contributed by atoms with Crippen molar-refractivity contribution < 1.29 is 9.53 Å². The number of nitrogens with zero attached hydrogens (tertiary/aromatic N) is 1. The van der Waals surface area contributed by atoms with Crippen molar-refractivity contribution in [1.82, 2.24) is 10.2 Å². The minimum atomic E-state index is 0.0118. The van der Waals surface area contributed by atoms with Crippen LogP contribution in [0, 0.1) is 0 Å². The maximum Gasteiger partial charge on any atom is 0.224 e. The van der Waals surface area contributed by atoms with Crippen molar-refractivity contribution in [1.29, 1.82) is 0 Å². The first-order valence-electron chi connectivity index (χ1n) is 9.44. The molecule has 0 bridgehead atoms. The summed E-state index contributed by atoms with van der Waals surface area (Å²) in [5, 5.41) is 3.66. The quantitative estimate of drug-likeness (QED) is 0.820. The van der Waals surface area contributed by atoms with Crippen LogP contribution in [0.1, 0.15) is 30.5 Å². The fourth-order valence-electron chi connectivity index (χ4n) is 3.49. The molecule has 0 aromatic heterocycles. The van der Waals surface area contributed by atoms with Gasteiger partial charge in [-0.05, 0) is 42.7 Å². The maximum atomic E-state index is 12.1. The summed E-state index contributed by atoms with van der Waals surface area (Å²) >= 11 is 5.87. The maximum absolute atomic E-state index is 12.1. The highest BCUT2D eigenvalue weighted by molar-refractivity contribution is 6.30. The van der Waals surface area contributed by atoms with Gasteiger partial charge in [0.05, 0.1) is 18.6 Å². The standard InChI is InChI=1S/C22H27ClN2O2/c1-16-13-25(14-17(2)27-16)15-20-5-3-19(4-6-20)12-24-22(26)11-18-7-9-21(23)10-8-18/h3-10,16-17H,11-15H2,1-2H3,(H,24,26). The minimum Gasteiger partial charge on any atom is -0.373 e. The van der Waals surface area contributed by atoms with E-state index in [0.29, 0.717) is 18.0 Å². The van der Waals surface area contributed by atoms with E-state index in [1.165, 1.54) is 5.56 Å². The van der Waals surface area contributed by atoms with E-state index in [1.807, 2.05) is 12.1 Å². The Morgan fingerprint density at radius 1 is 1.00 bits per heavy atom. The van der Waals surface area contributed by atoms with Crippen LogP contribution >= 0.6 is 11.6 Å². The van der Waals surface area contributed by atoms with Gasteiger partial charge in [0.2, 0.25) is 5.91 Å². The molecule has 1 saturated heterocycles. The van der Waals surface area contributed by atoms with Crippen LogP contribution in [0.15, 0.2) is 48.5 Å². The molecule has 0 spiro atoms. The Morgan fingerprint density at radius 3 is 2.19 bits per heavy atom. The molecule has 0 aliphatic carbocycles. The van der Waals surface area contributed by atoms with Crippen molar-refractivity contribution in [3.8, 4) is 0 Å². The highest BCUT2D eigenvalue weighted by atomic mass is 35.5. The second kappa shape index (κ2) is 9.36. The average molecular weight is 387 g/mol. The average Bonchev–Trinajstić information content (AvgIpc) is 2.62. The van der Waals surface area contributed by atoms with Gasteiger partial charge >= 0.3 is 0 Å². The number of morpholine rings is 1. The molecule has 0 saturated carbocycles. The molecule has 144 valence electrons. The van der Waals surface area contributed by atoms with Gasteiger partial charge in [-0.1, -0.05) is 48.0 Å². The Labute approximate surface area is 166 Å². The van der Waals surface area contributed by atoms with Gasteiger partial charge in [0.15, 0.2) is 0 Å². The summed E-state index contributed by atoms with van der Waals surface area (Å²) < 4.78 is 5.79. The SMILES string of the molecule is CC1CN(Cc2ccc(CNC(=O)Cc3ccc(Cl)cc3)cc2)CC(C)O1. The van der Waals surface area contributed by atoms with Gasteiger partial charge in [-0.3, -0.25) is 9.69 Å². The van der Waals surface area contributed by atoms with Crippen molar-refractivity contribution in [2.24, 2.45) is 0 Å². The number of rotatable bonds is 6. The summed E-state index contributed by atoms with van der Waals surface area (Å²) in [5.74, 6) is 0.0118. The van der Waals surface area contributed by atoms with Crippen LogP contribution in [0.5, 0.6) is 0 Å². The smallest absolute Gasteiger partial charge is 0.224 e. The van der Waals surface area contributed by atoms with Crippen LogP contribution in [0.4, 0.5) is 0 Å². The molecule has 1 aliphatic rings. The zero-order valence-electron chi connectivity index (χ0n) is 16.0. The lowest BCUT2D eigenvalue weighted by Crippen LogP contribution is -2.44. The number of halogens is 1. The molecule has 3 rings (SSSR count). The Hall–Kier alpha value is -1.88. The van der Waals surface area contributed by atoms with E-state index in [1.54, 1.807) is 12.1 Å². The third-order valence-electron chi connectivity index (χ3n) is 4.69. The summed E-state index contributed by atoms with van der Waals surface area (Å²) in [6.45, 7) is 7.65. The van der Waals surface area contributed by atoms with Crippen LogP contribution in [0.3, 0.4) is 0 Å². The Bertz CT molecular complexity index is 736. The minimum absolute atomic E-state index is 0.0118. The van der Waals surface area contributed by atoms with E-state index in [9.17, 15) is 4.79 Å². The monoisotopic (exact) mass is 386 g/mol. The lowest BCUT2D eigenvalue weighted by atomic mass is 10.1. The van der Waals surface area contributed by atoms with Gasteiger partial charge in [-0.25, -0.2) is 0 Å². The normalized spacial score (nSPS) is 20.4. The summed E-state index contributed by atoms with van der Waals surface area (Å²) in [4.78, 5) is 14.5. The van der Waals surface area contributed by atoms with Gasteiger partial charge in [0.1, 0.15) is 0 Å². The summed E-state index contributed by atoms with van der Waals surface area (Å²) in [6, 6.07) is 15.8. The number of benzene rings is 2. The predicted octanol–water partition coefficient (Wildman–Crippen LogP) is 3.81. The Balaban J connectivity index is 1.46. The van der Waals surface area contributed by atoms with Crippen molar-refractivity contribution in [2.45, 2.75) is 45.6 Å². The molecule has 1 fully saturated rings. The van der Waals surface area contributed by atoms with E-state index >= 15 is 0 Å². The molecule has 2 aromatic rings. The van der Waals surface area contributed by atoms with E-state index in [2.05, 4.69) is 48.3 Å². The molecule has 1 heterocycles. The van der Waals surface area contributed by atoms with E-state index in [4.69, 9.17) is 16.3 Å². The van der Waals surface area contributed by atoms with E-state index in [0.717, 1.165) is 30.8 Å². The van der Waals surface area contributed by atoms with Gasteiger partial charge < -0.3 is 10.1 Å². The molecule has 1 N–H and O–H groups in total. The van der Waals surface area contributed by atoms with Gasteiger partial charge in [-0.2, -0.15) is 0 Å². The number of hydrogen-bond acceptors (Lipinski definition) is 3. The Kier molecular flexibility index (Phi) is 6.89. The van der Waals surface area contributed by atoms with E-state index in [-0.39, 0.29) is 18.1 Å². The van der Waals surface area contributed by atoms with Crippen molar-refractivity contribution >= 4 is 17.5 Å². The van der Waals surface area contributed by atoms with Gasteiger partial charge in [0, 0.05) is 31.2 Å². The van der Waals surface area contributed by atoms with Crippen LogP contribution in [0.2, 0.25) is 5.02 Å². The molecular formula is C22H27ClN2O2. The molecule has 27 heavy (non-hydrogen) atoms. The first-order valence-corrected chi connectivity index (χ1v) is 9.82. The predicted molar refractivity (Wildman–Crippen MR) is 109 cm³/mol. The first kappa shape index (κ1) is 19.9. The molecule has 1 amide bonds. The van der Waals surface area contributed by atoms with Gasteiger partial charge in [0.25, 0.3) is 0 Å². The Morgan fingerprint density at radius 2 is 1.56 bits per heavy atom. The van der Waals surface area contributed by atoms with Crippen LogP contribution < -0.4 is 5.32 Å². The van der Waals surface area contributed by atoms with Crippen LogP contribution in [0.25, 0.3) is 0 Å². The highest BCUT2D eigenvalue weighted by Gasteiger charge is 2.21. The molecule has 0 radical (unpaired) electrons. The zero-order valence-corrected chi connectivity index (χ0v) is 16.7. The highest BCUT2D eigenvalue weighted by Crippen LogP contribution is 2.15. The third kappa shape index (κ3) is 6.35. The fraction of sp³-hybridized carbons (Fsp3) is 0.409. The molecule has 5 heteroatoms. The number of hydrogen-bond donors (Lipinski definition) is 1. The number of ether oxygens (including phenoxy) is 1. The second-order valence-corrected chi connectivity index (χ2v) is 7.78. The second-order valence-electron chi connectivity index (χ2n) is 7.35. The number of amides is 1. The molecule has 2 atom stereocenters. The molecule has 1 aliphatic heterocycles. The van der Waals surface area contributed by atoms with Crippen molar-refractivity contribution in [2.75, 3.05) is 13.1 Å². The zero-order chi connectivity index (χ0) is 19.2. The number of nitrogens with one attached hydrogen (secondary N) is 1. The molecule has 2 unspecified atom stereocenters. The lowest BCUT2D eigenvalue weighted by Gasteiger charge is -2.35. The third-order valence-corrected chi connectivity index (χ3v) is 4.94. The van der Waals surface area contributed by atoms with Crippen LogP contribution in [-0.4, -0.2) is 36.1 Å². The fourth-order valence-corrected chi connectivity index (χ4v) is 3.61. The lowest BCUT2D eigenvalue weighted by molar-refractivity contribution is -0.120. The summed E-state index contributed by atoms with van der Waals surface area (Å²) in [6.07, 6.45) is 0.926. The number of carbonyl (C=O) groups excluding carboxylic acids is 1. The molecule has 2 aromatic carbocycles. The summed E-state index contributed by atoms with van der Waals surface area (Å²) in [7, 11) is 0. The van der Waals surface area contributed by atoms with Gasteiger partial charge in [-0.15, -0.1) is 0 Å². The largest absolute Gasteiger partial charge is 0.373 e. The van der Waals surface area contributed by atoms with Crippen molar-refractivity contribution in [3.05, 3.63) is 70.2 Å². The molecular weight excluding hydrogens is 360 g/mol. The van der Waals surface area contributed by atoms with Crippen LogP contribution in [-0.2, 0) is 29.0 Å². The topological polar surface area (TPSA) is 41.6 Å². The van der Waals surface area contributed by atoms with Crippen molar-refractivity contribution in [3.63, 3.8) is 0 Å². The number of carbonyl (C=O) groups is 1. The molecule has 4 nitrogen and oxygen atoms in total. The van der Waals surface area contributed by atoms with E-state index < -0.39 is 0 Å².